The Morgan fingerprint density at radius 3 is 2.65 bits per heavy atom. The molecule has 0 bridgehead atoms. The number of hydrogen-bond acceptors (Lipinski definition) is 3. The van der Waals surface area contributed by atoms with Crippen LogP contribution in [0.1, 0.15) is 26.7 Å². The van der Waals surface area contributed by atoms with Gasteiger partial charge < -0.3 is 15.2 Å². The van der Waals surface area contributed by atoms with Crippen LogP contribution in [0.15, 0.2) is 18.7 Å². The van der Waals surface area contributed by atoms with E-state index in [0.717, 1.165) is 38.5 Å². The van der Waals surface area contributed by atoms with Crippen molar-refractivity contribution in [2.75, 3.05) is 26.2 Å². The van der Waals surface area contributed by atoms with Gasteiger partial charge in [0.05, 0.1) is 6.33 Å². The van der Waals surface area contributed by atoms with Gasteiger partial charge in [0.1, 0.15) is 0 Å². The molecule has 0 radical (unpaired) electrons. The minimum absolute atomic E-state index is 0.723. The SMILES string of the molecule is CC(C)CN(CCCN)CCCn1ccnc1. The summed E-state index contributed by atoms with van der Waals surface area (Å²) in [5.74, 6) is 0.723. The lowest BCUT2D eigenvalue weighted by molar-refractivity contribution is 0.236. The molecule has 17 heavy (non-hydrogen) atoms. The van der Waals surface area contributed by atoms with Crippen LogP contribution < -0.4 is 5.73 Å². The van der Waals surface area contributed by atoms with Crippen molar-refractivity contribution >= 4 is 0 Å². The molecule has 4 nitrogen and oxygen atoms in total. The number of imidazole rings is 1. The van der Waals surface area contributed by atoms with Crippen molar-refractivity contribution in [3.8, 4) is 0 Å². The van der Waals surface area contributed by atoms with Crippen molar-refractivity contribution in [1.29, 1.82) is 0 Å². The van der Waals surface area contributed by atoms with E-state index in [1.165, 1.54) is 13.0 Å². The van der Waals surface area contributed by atoms with Crippen LogP contribution in [0, 0.1) is 5.92 Å². The van der Waals surface area contributed by atoms with Gasteiger partial charge in [-0.2, -0.15) is 0 Å². The van der Waals surface area contributed by atoms with Crippen LogP contribution in [0.2, 0.25) is 0 Å². The van der Waals surface area contributed by atoms with Gasteiger partial charge in [0.2, 0.25) is 0 Å². The molecule has 1 aromatic rings. The van der Waals surface area contributed by atoms with E-state index in [0.29, 0.717) is 0 Å². The van der Waals surface area contributed by atoms with E-state index >= 15 is 0 Å². The quantitative estimate of drug-likeness (QED) is 0.710. The minimum atomic E-state index is 0.723. The summed E-state index contributed by atoms with van der Waals surface area (Å²) in [4.78, 5) is 6.57. The fourth-order valence-corrected chi connectivity index (χ4v) is 2.02. The Bertz CT molecular complexity index is 269. The molecule has 0 spiro atoms. The molecule has 0 unspecified atom stereocenters. The van der Waals surface area contributed by atoms with Crippen molar-refractivity contribution in [2.45, 2.75) is 33.2 Å². The summed E-state index contributed by atoms with van der Waals surface area (Å²) >= 11 is 0. The van der Waals surface area contributed by atoms with Gasteiger partial charge in [0.25, 0.3) is 0 Å². The molecule has 0 amide bonds. The first-order valence-electron chi connectivity index (χ1n) is 6.60. The van der Waals surface area contributed by atoms with Crippen LogP contribution in [0.5, 0.6) is 0 Å². The number of aromatic nitrogens is 2. The smallest absolute Gasteiger partial charge is 0.0945 e. The Morgan fingerprint density at radius 1 is 1.29 bits per heavy atom. The van der Waals surface area contributed by atoms with Crippen molar-refractivity contribution < 1.29 is 0 Å². The highest BCUT2D eigenvalue weighted by molar-refractivity contribution is 4.74. The fourth-order valence-electron chi connectivity index (χ4n) is 2.02. The molecule has 98 valence electrons. The largest absolute Gasteiger partial charge is 0.337 e. The highest BCUT2D eigenvalue weighted by Crippen LogP contribution is 2.02. The Morgan fingerprint density at radius 2 is 2.06 bits per heavy atom. The van der Waals surface area contributed by atoms with Gasteiger partial charge >= 0.3 is 0 Å². The Balaban J connectivity index is 2.22. The maximum absolute atomic E-state index is 5.57. The topological polar surface area (TPSA) is 47.1 Å². The third-order valence-corrected chi connectivity index (χ3v) is 2.75. The van der Waals surface area contributed by atoms with Crippen molar-refractivity contribution in [3.05, 3.63) is 18.7 Å². The Labute approximate surface area is 105 Å². The number of nitrogens with zero attached hydrogens (tertiary/aromatic N) is 3. The summed E-state index contributed by atoms with van der Waals surface area (Å²) < 4.78 is 2.14. The van der Waals surface area contributed by atoms with Gasteiger partial charge in [0, 0.05) is 25.5 Å². The molecule has 1 aromatic heterocycles. The molecule has 0 aliphatic rings. The molecule has 1 heterocycles. The van der Waals surface area contributed by atoms with E-state index in [-0.39, 0.29) is 0 Å². The van der Waals surface area contributed by atoms with Gasteiger partial charge in [-0.3, -0.25) is 0 Å². The van der Waals surface area contributed by atoms with E-state index in [1.54, 1.807) is 0 Å². The van der Waals surface area contributed by atoms with Crippen molar-refractivity contribution in [2.24, 2.45) is 11.7 Å². The van der Waals surface area contributed by atoms with Gasteiger partial charge in [-0.05, 0) is 38.4 Å². The molecule has 0 fully saturated rings. The molecule has 0 aliphatic carbocycles. The molecular weight excluding hydrogens is 212 g/mol. The highest BCUT2D eigenvalue weighted by Gasteiger charge is 2.06. The minimum Gasteiger partial charge on any atom is -0.337 e. The van der Waals surface area contributed by atoms with Gasteiger partial charge in [-0.25, -0.2) is 4.98 Å². The van der Waals surface area contributed by atoms with E-state index < -0.39 is 0 Å². The first-order chi connectivity index (χ1) is 8.22. The average Bonchev–Trinajstić information content (AvgIpc) is 2.78. The van der Waals surface area contributed by atoms with E-state index in [1.807, 2.05) is 18.7 Å². The first kappa shape index (κ1) is 14.2. The number of nitrogens with two attached hydrogens (primary N) is 1. The lowest BCUT2D eigenvalue weighted by Gasteiger charge is -2.24. The van der Waals surface area contributed by atoms with Crippen LogP contribution in [0.25, 0.3) is 0 Å². The predicted octanol–water partition coefficient (Wildman–Crippen LogP) is 1.58. The van der Waals surface area contributed by atoms with Crippen LogP contribution >= 0.6 is 0 Å². The molecule has 0 aromatic carbocycles. The summed E-state index contributed by atoms with van der Waals surface area (Å²) in [5, 5.41) is 0. The molecule has 4 heteroatoms. The summed E-state index contributed by atoms with van der Waals surface area (Å²) in [7, 11) is 0. The summed E-state index contributed by atoms with van der Waals surface area (Å²) in [6.07, 6.45) is 8.01. The van der Waals surface area contributed by atoms with Gasteiger partial charge in [0.15, 0.2) is 0 Å². The molecule has 0 aliphatic heterocycles. The second-order valence-corrected chi connectivity index (χ2v) is 4.99. The van der Waals surface area contributed by atoms with Gasteiger partial charge in [-0.1, -0.05) is 13.8 Å². The Hall–Kier alpha value is -0.870. The first-order valence-corrected chi connectivity index (χ1v) is 6.60. The van der Waals surface area contributed by atoms with Crippen LogP contribution in [0.3, 0.4) is 0 Å². The lowest BCUT2D eigenvalue weighted by Crippen LogP contribution is -2.31. The third kappa shape index (κ3) is 6.44. The number of rotatable bonds is 9. The third-order valence-electron chi connectivity index (χ3n) is 2.75. The standard InChI is InChI=1S/C13H26N4/c1-13(2)11-16(7-3-5-14)8-4-9-17-10-6-15-12-17/h6,10,12-13H,3-5,7-9,11,14H2,1-2H3. The summed E-state index contributed by atoms with van der Waals surface area (Å²) in [5.41, 5.74) is 5.57. The lowest BCUT2D eigenvalue weighted by atomic mass is 10.2. The fraction of sp³-hybridized carbons (Fsp3) is 0.769. The van der Waals surface area contributed by atoms with Crippen LogP contribution in [0.4, 0.5) is 0 Å². The monoisotopic (exact) mass is 238 g/mol. The van der Waals surface area contributed by atoms with Crippen molar-refractivity contribution in [3.63, 3.8) is 0 Å². The predicted molar refractivity (Wildman–Crippen MR) is 71.8 cm³/mol. The maximum atomic E-state index is 5.57. The zero-order valence-electron chi connectivity index (χ0n) is 11.2. The molecular formula is C13H26N4. The zero-order valence-corrected chi connectivity index (χ0v) is 11.2. The highest BCUT2D eigenvalue weighted by atomic mass is 15.1. The van der Waals surface area contributed by atoms with Crippen LogP contribution in [-0.4, -0.2) is 40.6 Å². The molecule has 0 atom stereocenters. The molecule has 1 rings (SSSR count). The second kappa shape index (κ2) is 8.25. The van der Waals surface area contributed by atoms with Crippen LogP contribution in [-0.2, 0) is 6.54 Å². The second-order valence-electron chi connectivity index (χ2n) is 4.99. The molecule has 0 saturated carbocycles. The zero-order chi connectivity index (χ0) is 12.5. The van der Waals surface area contributed by atoms with E-state index in [2.05, 4.69) is 28.3 Å². The molecule has 2 N–H and O–H groups in total. The maximum Gasteiger partial charge on any atom is 0.0945 e. The normalized spacial score (nSPS) is 11.6. The van der Waals surface area contributed by atoms with Gasteiger partial charge in [-0.15, -0.1) is 0 Å². The summed E-state index contributed by atoms with van der Waals surface area (Å²) in [6.45, 7) is 9.82. The summed E-state index contributed by atoms with van der Waals surface area (Å²) in [6, 6.07) is 0. The van der Waals surface area contributed by atoms with Crippen molar-refractivity contribution in [1.82, 2.24) is 14.5 Å². The average molecular weight is 238 g/mol. The van der Waals surface area contributed by atoms with E-state index in [4.69, 9.17) is 5.73 Å². The molecule has 0 saturated heterocycles. The number of aryl methyl sites for hydroxylation is 1. The Kier molecular flexibility index (Phi) is 6.89. The number of hydrogen-bond donors (Lipinski definition) is 1. The van der Waals surface area contributed by atoms with E-state index in [9.17, 15) is 0 Å².